The molecule has 0 saturated carbocycles. The van der Waals surface area contributed by atoms with E-state index in [1.54, 1.807) is 12.1 Å². The van der Waals surface area contributed by atoms with Crippen LogP contribution in [-0.4, -0.2) is 40.6 Å². The van der Waals surface area contributed by atoms with Crippen LogP contribution in [-0.2, 0) is 11.3 Å². The quantitative estimate of drug-likeness (QED) is 0.674. The molecule has 6 nitrogen and oxygen atoms in total. The van der Waals surface area contributed by atoms with Crippen LogP contribution < -0.4 is 5.32 Å². The van der Waals surface area contributed by atoms with Gasteiger partial charge in [-0.25, -0.2) is 4.39 Å². The zero-order valence-corrected chi connectivity index (χ0v) is 17.0. The highest BCUT2D eigenvalue weighted by atomic mass is 19.1. The molecule has 1 aromatic heterocycles. The maximum absolute atomic E-state index is 13.4. The molecule has 1 unspecified atom stereocenters. The number of likely N-dealkylation sites (tertiary alicyclic amines) is 1. The van der Waals surface area contributed by atoms with Gasteiger partial charge < -0.3 is 9.84 Å². The first-order valence-corrected chi connectivity index (χ1v) is 10.2. The van der Waals surface area contributed by atoms with Crippen molar-refractivity contribution >= 4 is 5.91 Å². The van der Waals surface area contributed by atoms with Gasteiger partial charge in [0.2, 0.25) is 17.6 Å². The molecule has 1 atom stereocenters. The lowest BCUT2D eigenvalue weighted by atomic mass is 9.98. The molecule has 2 heterocycles. The number of nitrogens with zero attached hydrogens (tertiary/aromatic N) is 3. The third-order valence-electron chi connectivity index (χ3n) is 5.36. The molecule has 0 spiro atoms. The molecule has 156 valence electrons. The number of hydrogen-bond donors (Lipinski definition) is 1. The summed E-state index contributed by atoms with van der Waals surface area (Å²) in [5.74, 6) is 0.663. The Hall–Kier alpha value is -3.06. The Bertz CT molecular complexity index is 1000. The molecule has 1 N–H and O–H groups in total. The third-order valence-corrected chi connectivity index (χ3v) is 5.36. The van der Waals surface area contributed by atoms with E-state index in [1.165, 1.54) is 17.7 Å². The van der Waals surface area contributed by atoms with E-state index >= 15 is 0 Å². The standard InChI is InChI=1S/C23H25FN4O2/c1-16-7-9-17(10-8-16)13-25-21(29)15-28-11-3-5-19(14-28)23-26-22(27-30-23)18-4-2-6-20(24)12-18/h2,4,6-10,12,19H,3,5,11,13-15H2,1H3,(H,25,29). The Morgan fingerprint density at radius 3 is 2.90 bits per heavy atom. The molecule has 0 radical (unpaired) electrons. The van der Waals surface area contributed by atoms with Crippen LogP contribution in [0.15, 0.2) is 53.1 Å². The zero-order chi connectivity index (χ0) is 20.9. The lowest BCUT2D eigenvalue weighted by molar-refractivity contribution is -0.122. The lowest BCUT2D eigenvalue weighted by Crippen LogP contribution is -2.41. The third kappa shape index (κ3) is 5.10. The molecule has 1 aliphatic rings. The van der Waals surface area contributed by atoms with Gasteiger partial charge >= 0.3 is 0 Å². The van der Waals surface area contributed by atoms with E-state index in [-0.39, 0.29) is 17.6 Å². The number of carbonyl (C=O) groups excluding carboxylic acids is 1. The minimum atomic E-state index is -0.334. The highest BCUT2D eigenvalue weighted by Crippen LogP contribution is 2.27. The average Bonchev–Trinajstić information content (AvgIpc) is 3.24. The monoisotopic (exact) mass is 408 g/mol. The van der Waals surface area contributed by atoms with Gasteiger partial charge in [-0.05, 0) is 44.0 Å². The first kappa shape index (κ1) is 20.2. The maximum atomic E-state index is 13.4. The van der Waals surface area contributed by atoms with Crippen LogP contribution in [0.5, 0.6) is 0 Å². The molecule has 0 aliphatic carbocycles. The zero-order valence-electron chi connectivity index (χ0n) is 17.0. The Balaban J connectivity index is 1.32. The predicted molar refractivity (Wildman–Crippen MR) is 111 cm³/mol. The van der Waals surface area contributed by atoms with E-state index in [1.807, 2.05) is 31.2 Å². The van der Waals surface area contributed by atoms with Crippen LogP contribution in [0.4, 0.5) is 4.39 Å². The molecule has 0 bridgehead atoms. The number of amides is 1. The van der Waals surface area contributed by atoms with Crippen molar-refractivity contribution in [2.24, 2.45) is 0 Å². The van der Waals surface area contributed by atoms with Crippen LogP contribution in [0.25, 0.3) is 11.4 Å². The molecule has 1 aliphatic heterocycles. The van der Waals surface area contributed by atoms with Crippen molar-refractivity contribution in [2.45, 2.75) is 32.2 Å². The summed E-state index contributed by atoms with van der Waals surface area (Å²) in [5, 5.41) is 6.99. The van der Waals surface area contributed by atoms with Gasteiger partial charge in [0.25, 0.3) is 0 Å². The second-order valence-electron chi connectivity index (χ2n) is 7.80. The van der Waals surface area contributed by atoms with Gasteiger partial charge in [0.05, 0.1) is 12.5 Å². The van der Waals surface area contributed by atoms with E-state index in [2.05, 4.69) is 20.4 Å². The summed E-state index contributed by atoms with van der Waals surface area (Å²) in [5.41, 5.74) is 2.88. The molecule has 30 heavy (non-hydrogen) atoms. The topological polar surface area (TPSA) is 71.3 Å². The SMILES string of the molecule is Cc1ccc(CNC(=O)CN2CCCC(c3nc(-c4cccc(F)c4)no3)C2)cc1. The minimum Gasteiger partial charge on any atom is -0.351 e. The van der Waals surface area contributed by atoms with Crippen LogP contribution >= 0.6 is 0 Å². The van der Waals surface area contributed by atoms with Crippen LogP contribution in [0, 0.1) is 12.7 Å². The van der Waals surface area contributed by atoms with Crippen LogP contribution in [0.1, 0.15) is 35.8 Å². The Morgan fingerprint density at radius 1 is 1.27 bits per heavy atom. The van der Waals surface area contributed by atoms with Gasteiger partial charge in [-0.2, -0.15) is 4.98 Å². The molecule has 1 fully saturated rings. The van der Waals surface area contributed by atoms with E-state index in [0.29, 0.717) is 36.9 Å². The smallest absolute Gasteiger partial charge is 0.234 e. The number of hydrogen-bond acceptors (Lipinski definition) is 5. The van der Waals surface area contributed by atoms with Crippen molar-refractivity contribution in [1.82, 2.24) is 20.4 Å². The van der Waals surface area contributed by atoms with Crippen LogP contribution in [0.3, 0.4) is 0 Å². The summed E-state index contributed by atoms with van der Waals surface area (Å²) in [4.78, 5) is 19.0. The largest absolute Gasteiger partial charge is 0.351 e. The number of piperidine rings is 1. The second-order valence-corrected chi connectivity index (χ2v) is 7.80. The fraction of sp³-hybridized carbons (Fsp3) is 0.348. The summed E-state index contributed by atoms with van der Waals surface area (Å²) in [6.07, 6.45) is 1.87. The molecular weight excluding hydrogens is 383 g/mol. The van der Waals surface area contributed by atoms with Gasteiger partial charge in [0.15, 0.2) is 0 Å². The van der Waals surface area contributed by atoms with Gasteiger partial charge in [0, 0.05) is 18.7 Å². The van der Waals surface area contributed by atoms with Crippen molar-refractivity contribution in [1.29, 1.82) is 0 Å². The molecular formula is C23H25FN4O2. The molecule has 1 saturated heterocycles. The highest BCUT2D eigenvalue weighted by molar-refractivity contribution is 5.78. The Morgan fingerprint density at radius 2 is 2.10 bits per heavy atom. The molecule has 4 rings (SSSR count). The number of nitrogens with one attached hydrogen (secondary N) is 1. The number of halogens is 1. The summed E-state index contributed by atoms with van der Waals surface area (Å²) in [6, 6.07) is 14.3. The fourth-order valence-corrected chi connectivity index (χ4v) is 3.71. The molecule has 3 aromatic rings. The Labute approximate surface area is 175 Å². The van der Waals surface area contributed by atoms with E-state index in [4.69, 9.17) is 4.52 Å². The second kappa shape index (κ2) is 9.17. The highest BCUT2D eigenvalue weighted by Gasteiger charge is 2.27. The number of carbonyl (C=O) groups is 1. The molecule has 1 amide bonds. The van der Waals surface area contributed by atoms with E-state index in [9.17, 15) is 9.18 Å². The van der Waals surface area contributed by atoms with Gasteiger partial charge in [-0.1, -0.05) is 47.1 Å². The number of benzene rings is 2. The molecule has 2 aromatic carbocycles. The van der Waals surface area contributed by atoms with Crippen molar-refractivity contribution in [3.8, 4) is 11.4 Å². The number of rotatable bonds is 6. The average molecular weight is 408 g/mol. The van der Waals surface area contributed by atoms with Crippen molar-refractivity contribution in [3.63, 3.8) is 0 Å². The van der Waals surface area contributed by atoms with Crippen molar-refractivity contribution in [3.05, 3.63) is 71.4 Å². The van der Waals surface area contributed by atoms with E-state index < -0.39 is 0 Å². The van der Waals surface area contributed by atoms with Gasteiger partial charge in [-0.3, -0.25) is 9.69 Å². The summed E-state index contributed by atoms with van der Waals surface area (Å²) >= 11 is 0. The fourth-order valence-electron chi connectivity index (χ4n) is 3.71. The normalized spacial score (nSPS) is 17.1. The molecule has 7 heteroatoms. The first-order valence-electron chi connectivity index (χ1n) is 10.2. The number of aromatic nitrogens is 2. The first-order chi connectivity index (χ1) is 14.6. The summed E-state index contributed by atoms with van der Waals surface area (Å²) in [6.45, 7) is 4.45. The predicted octanol–water partition coefficient (Wildman–Crippen LogP) is 3.68. The van der Waals surface area contributed by atoms with E-state index in [0.717, 1.165) is 24.9 Å². The van der Waals surface area contributed by atoms with Gasteiger partial charge in [-0.15, -0.1) is 0 Å². The Kier molecular flexibility index (Phi) is 6.18. The summed E-state index contributed by atoms with van der Waals surface area (Å²) in [7, 11) is 0. The number of aryl methyl sites for hydroxylation is 1. The van der Waals surface area contributed by atoms with Gasteiger partial charge in [0.1, 0.15) is 5.82 Å². The van der Waals surface area contributed by atoms with Crippen molar-refractivity contribution in [2.75, 3.05) is 19.6 Å². The summed E-state index contributed by atoms with van der Waals surface area (Å²) < 4.78 is 18.9. The minimum absolute atomic E-state index is 0.00204. The lowest BCUT2D eigenvalue weighted by Gasteiger charge is -2.30. The van der Waals surface area contributed by atoms with Crippen molar-refractivity contribution < 1.29 is 13.7 Å². The van der Waals surface area contributed by atoms with Crippen LogP contribution in [0.2, 0.25) is 0 Å². The maximum Gasteiger partial charge on any atom is 0.234 e.